The topological polar surface area (TPSA) is 162 Å². The summed E-state index contributed by atoms with van der Waals surface area (Å²) in [6.07, 6.45) is 1.37. The maximum atomic E-state index is 13.9. The summed E-state index contributed by atoms with van der Waals surface area (Å²) >= 11 is 6.23. The fourth-order valence-electron chi connectivity index (χ4n) is 5.06. The summed E-state index contributed by atoms with van der Waals surface area (Å²) in [6, 6.07) is 8.37. The molecule has 218 valence electrons. The van der Waals surface area contributed by atoms with Crippen molar-refractivity contribution in [2.24, 2.45) is 5.92 Å². The number of anilines is 1. The van der Waals surface area contributed by atoms with Gasteiger partial charge in [0, 0.05) is 23.8 Å². The summed E-state index contributed by atoms with van der Waals surface area (Å²) < 4.78 is 8.20. The van der Waals surface area contributed by atoms with Crippen LogP contribution in [-0.4, -0.2) is 49.4 Å². The Morgan fingerprint density at radius 2 is 1.98 bits per heavy atom. The number of hydrogen-bond donors (Lipinski definition) is 3. The number of rotatable bonds is 9. The second kappa shape index (κ2) is 12.5. The van der Waals surface area contributed by atoms with Gasteiger partial charge >= 0.3 is 17.7 Å². The third kappa shape index (κ3) is 6.22. The molecule has 0 spiro atoms. The number of halogens is 1. The number of amides is 3. The van der Waals surface area contributed by atoms with Gasteiger partial charge in [0.25, 0.3) is 0 Å². The van der Waals surface area contributed by atoms with E-state index in [2.05, 4.69) is 10.4 Å². The van der Waals surface area contributed by atoms with E-state index in [4.69, 9.17) is 22.1 Å². The number of imide groups is 1. The molecule has 4 rings (SSSR count). The maximum absolute atomic E-state index is 13.9. The predicted octanol–water partition coefficient (Wildman–Crippen LogP) is 3.46. The molecule has 0 aliphatic carbocycles. The first kappa shape index (κ1) is 29.7. The molecule has 41 heavy (non-hydrogen) atoms. The van der Waals surface area contributed by atoms with E-state index < -0.39 is 29.9 Å². The van der Waals surface area contributed by atoms with Crippen LogP contribution in [0.4, 0.5) is 10.5 Å². The van der Waals surface area contributed by atoms with E-state index in [0.29, 0.717) is 47.1 Å². The van der Waals surface area contributed by atoms with Crippen molar-refractivity contribution in [3.63, 3.8) is 0 Å². The molecule has 0 bridgehead atoms. The number of hydrogen-bond acceptors (Lipinski definition) is 7. The highest BCUT2D eigenvalue weighted by Crippen LogP contribution is 2.29. The molecular weight excluding hydrogens is 552 g/mol. The number of aromatic nitrogens is 3. The number of carbonyl (C=O) groups excluding carboxylic acids is 2. The predicted molar refractivity (Wildman–Crippen MR) is 152 cm³/mol. The third-order valence-corrected chi connectivity index (χ3v) is 7.39. The Hall–Kier alpha value is -4.32. The summed E-state index contributed by atoms with van der Waals surface area (Å²) in [6.45, 7) is 3.88. The fraction of sp³-hybridized carbons (Fsp3) is 0.393. The molecule has 13 heteroatoms. The molecule has 0 saturated heterocycles. The maximum Gasteiger partial charge on any atom is 0.345 e. The lowest BCUT2D eigenvalue weighted by Crippen LogP contribution is -2.47. The number of benzene rings is 2. The van der Waals surface area contributed by atoms with Crippen LogP contribution in [0, 0.1) is 5.92 Å². The van der Waals surface area contributed by atoms with Crippen molar-refractivity contribution in [1.82, 2.24) is 24.6 Å². The minimum atomic E-state index is -1.15. The standard InChI is InChI=1S/C28H33ClN6O6/c1-4-6-22(16-7-9-20(26(37)38)21(30)13-16)31-27(39)34-15-24-32-35(5-2)28(40)33(24)14-18(25(34)36)11-17-12-19(29)8-10-23(17)41-3/h7-10,12-13,18,22H,4-6,11,14-15,30H2,1-3H3,(H,31,39)(H,37,38)/t18-,22+/m0/s1. The Balaban J connectivity index is 1.69. The number of nitrogens with one attached hydrogen (secondary N) is 1. The minimum Gasteiger partial charge on any atom is -0.496 e. The van der Waals surface area contributed by atoms with Crippen LogP contribution in [0.1, 0.15) is 60.0 Å². The molecule has 1 aliphatic rings. The number of nitrogens with zero attached hydrogens (tertiary/aromatic N) is 4. The van der Waals surface area contributed by atoms with Crippen LogP contribution in [0.2, 0.25) is 5.02 Å². The van der Waals surface area contributed by atoms with Crippen LogP contribution in [0.25, 0.3) is 0 Å². The lowest BCUT2D eigenvalue weighted by atomic mass is 9.97. The zero-order chi connectivity index (χ0) is 29.8. The first-order valence-electron chi connectivity index (χ1n) is 13.3. The molecule has 3 aromatic rings. The van der Waals surface area contributed by atoms with Crippen LogP contribution < -0.4 is 21.5 Å². The molecule has 0 fully saturated rings. The second-order valence-electron chi connectivity index (χ2n) is 9.85. The number of carboxylic acid groups (broad SMARTS) is 1. The van der Waals surface area contributed by atoms with Gasteiger partial charge in [-0.2, -0.15) is 5.10 Å². The molecule has 4 N–H and O–H groups in total. The summed E-state index contributed by atoms with van der Waals surface area (Å²) in [5.74, 6) is -1.60. The van der Waals surface area contributed by atoms with E-state index >= 15 is 0 Å². The van der Waals surface area contributed by atoms with Crippen molar-refractivity contribution < 1.29 is 24.2 Å². The molecule has 1 aromatic heterocycles. The number of urea groups is 1. The molecule has 0 unspecified atom stereocenters. The van der Waals surface area contributed by atoms with Crippen molar-refractivity contribution in [1.29, 1.82) is 0 Å². The van der Waals surface area contributed by atoms with Gasteiger partial charge in [-0.15, -0.1) is 0 Å². The number of aryl methyl sites for hydroxylation is 1. The monoisotopic (exact) mass is 584 g/mol. The Kier molecular flexibility index (Phi) is 9.01. The van der Waals surface area contributed by atoms with Crippen molar-refractivity contribution in [2.45, 2.75) is 58.8 Å². The number of nitrogens with two attached hydrogens (primary N) is 1. The highest BCUT2D eigenvalue weighted by Gasteiger charge is 2.37. The average Bonchev–Trinajstić information content (AvgIpc) is 3.16. The van der Waals surface area contributed by atoms with Gasteiger partial charge < -0.3 is 20.9 Å². The molecule has 0 radical (unpaired) electrons. The average molecular weight is 585 g/mol. The fourth-order valence-corrected chi connectivity index (χ4v) is 5.25. The van der Waals surface area contributed by atoms with Crippen molar-refractivity contribution in [2.75, 3.05) is 12.8 Å². The molecule has 1 aliphatic heterocycles. The lowest BCUT2D eigenvalue weighted by Gasteiger charge is -2.26. The van der Waals surface area contributed by atoms with Crippen LogP contribution in [0.15, 0.2) is 41.2 Å². The third-order valence-electron chi connectivity index (χ3n) is 7.15. The molecule has 3 amide bonds. The molecule has 2 aromatic carbocycles. The van der Waals surface area contributed by atoms with E-state index in [1.807, 2.05) is 6.92 Å². The molecule has 12 nitrogen and oxygen atoms in total. The number of nitrogen functional groups attached to an aromatic ring is 1. The molecule has 2 atom stereocenters. The number of carboxylic acids is 1. The number of ether oxygens (including phenoxy) is 1. The van der Waals surface area contributed by atoms with Gasteiger partial charge in [-0.05, 0) is 61.2 Å². The second-order valence-corrected chi connectivity index (χ2v) is 10.3. The summed E-state index contributed by atoms with van der Waals surface area (Å²) in [7, 11) is 1.51. The zero-order valence-corrected chi connectivity index (χ0v) is 23.8. The minimum absolute atomic E-state index is 0.0258. The zero-order valence-electron chi connectivity index (χ0n) is 23.1. The number of methoxy groups -OCH3 is 1. The Morgan fingerprint density at radius 3 is 2.61 bits per heavy atom. The molecular formula is C28H33ClN6O6. The van der Waals surface area contributed by atoms with Crippen LogP contribution in [0.5, 0.6) is 5.75 Å². The van der Waals surface area contributed by atoms with E-state index in [1.54, 1.807) is 31.2 Å². The van der Waals surface area contributed by atoms with Gasteiger partial charge in [-0.3, -0.25) is 14.3 Å². The van der Waals surface area contributed by atoms with Gasteiger partial charge in [-0.1, -0.05) is 31.0 Å². The number of fused-ring (bicyclic) bond motifs is 1. The highest BCUT2D eigenvalue weighted by atomic mass is 35.5. The van der Waals surface area contributed by atoms with Gasteiger partial charge in [0.15, 0.2) is 5.82 Å². The van der Waals surface area contributed by atoms with Crippen molar-refractivity contribution in [3.05, 3.63) is 74.4 Å². The van der Waals surface area contributed by atoms with Crippen LogP contribution >= 0.6 is 11.6 Å². The highest BCUT2D eigenvalue weighted by molar-refractivity contribution is 6.30. The summed E-state index contributed by atoms with van der Waals surface area (Å²) in [5, 5.41) is 17.1. The van der Waals surface area contributed by atoms with E-state index in [9.17, 15) is 24.3 Å². The Bertz CT molecular complexity index is 1530. The first-order valence-corrected chi connectivity index (χ1v) is 13.7. The van der Waals surface area contributed by atoms with E-state index in [1.165, 1.54) is 28.5 Å². The normalized spacial score (nSPS) is 15.7. The van der Waals surface area contributed by atoms with E-state index in [-0.39, 0.29) is 36.5 Å². The number of aromatic carboxylic acids is 1. The lowest BCUT2D eigenvalue weighted by molar-refractivity contribution is -0.132. The van der Waals surface area contributed by atoms with Gasteiger partial charge in [-0.25, -0.2) is 19.1 Å². The van der Waals surface area contributed by atoms with Crippen LogP contribution in [0.3, 0.4) is 0 Å². The Labute approximate surface area is 241 Å². The Morgan fingerprint density at radius 1 is 1.22 bits per heavy atom. The smallest absolute Gasteiger partial charge is 0.345 e. The molecule has 2 heterocycles. The van der Waals surface area contributed by atoms with Crippen molar-refractivity contribution >= 4 is 35.2 Å². The largest absolute Gasteiger partial charge is 0.496 e. The molecule has 0 saturated carbocycles. The van der Waals surface area contributed by atoms with Gasteiger partial charge in [0.1, 0.15) is 5.75 Å². The van der Waals surface area contributed by atoms with Gasteiger partial charge in [0.2, 0.25) is 5.91 Å². The SMILES string of the molecule is CCC[C@@H](NC(=O)N1Cc2nn(CC)c(=O)n2C[C@H](Cc2cc(Cl)ccc2OC)C1=O)c1ccc(C(=O)O)c(N)c1. The summed E-state index contributed by atoms with van der Waals surface area (Å²) in [5.41, 5.74) is 6.90. The quantitative estimate of drug-likeness (QED) is 0.322. The van der Waals surface area contributed by atoms with Crippen LogP contribution in [-0.2, 0) is 30.8 Å². The van der Waals surface area contributed by atoms with Crippen molar-refractivity contribution in [3.8, 4) is 5.75 Å². The summed E-state index contributed by atoms with van der Waals surface area (Å²) in [4.78, 5) is 53.2. The van der Waals surface area contributed by atoms with Gasteiger partial charge in [0.05, 0.1) is 31.2 Å². The van der Waals surface area contributed by atoms with E-state index in [0.717, 1.165) is 4.90 Å². The number of carbonyl (C=O) groups is 3. The first-order chi connectivity index (χ1) is 19.6.